The summed E-state index contributed by atoms with van der Waals surface area (Å²) in [6.45, 7) is 6.74. The van der Waals surface area contributed by atoms with Crippen LogP contribution in [0.25, 0.3) is 0 Å². The number of urea groups is 1. The lowest BCUT2D eigenvalue weighted by molar-refractivity contribution is -0.123. The molecule has 1 rings (SSSR count). The van der Waals surface area contributed by atoms with E-state index in [1.165, 1.54) is 0 Å². The van der Waals surface area contributed by atoms with Crippen molar-refractivity contribution in [3.8, 4) is 0 Å². The molecule has 0 radical (unpaired) electrons. The molecule has 0 heterocycles. The SMILES string of the molecule is Cc1ccc(C(=O)OCC(=O)NC(=O)NC(C)C)c(C)c1. The average molecular weight is 292 g/mol. The average Bonchev–Trinajstić information content (AvgIpc) is 2.34. The normalized spacial score (nSPS) is 10.1. The Labute approximate surface area is 123 Å². The molecule has 1 aromatic rings. The number of aryl methyl sites for hydroxylation is 2. The first kappa shape index (κ1) is 16.7. The molecule has 0 atom stereocenters. The van der Waals surface area contributed by atoms with Crippen LogP contribution in [0.2, 0.25) is 0 Å². The van der Waals surface area contributed by atoms with Gasteiger partial charge in [-0.05, 0) is 39.3 Å². The summed E-state index contributed by atoms with van der Waals surface area (Å²) in [5.74, 6) is -1.27. The molecule has 0 aliphatic rings. The van der Waals surface area contributed by atoms with Crippen molar-refractivity contribution in [3.63, 3.8) is 0 Å². The van der Waals surface area contributed by atoms with E-state index >= 15 is 0 Å². The third-order valence-electron chi connectivity index (χ3n) is 2.61. The fraction of sp³-hybridized carbons (Fsp3) is 0.400. The van der Waals surface area contributed by atoms with E-state index in [-0.39, 0.29) is 6.04 Å². The molecule has 0 aliphatic carbocycles. The number of hydrogen-bond acceptors (Lipinski definition) is 4. The Kier molecular flexibility index (Phi) is 5.90. The molecule has 0 aliphatic heterocycles. The summed E-state index contributed by atoms with van der Waals surface area (Å²) in [7, 11) is 0. The lowest BCUT2D eigenvalue weighted by Crippen LogP contribution is -2.44. The van der Waals surface area contributed by atoms with Gasteiger partial charge in [0, 0.05) is 6.04 Å². The maximum Gasteiger partial charge on any atom is 0.338 e. The number of amides is 3. The van der Waals surface area contributed by atoms with Gasteiger partial charge in [0.05, 0.1) is 5.56 Å². The molecule has 21 heavy (non-hydrogen) atoms. The van der Waals surface area contributed by atoms with Crippen LogP contribution >= 0.6 is 0 Å². The van der Waals surface area contributed by atoms with Crippen molar-refractivity contribution in [1.82, 2.24) is 10.6 Å². The zero-order valence-corrected chi connectivity index (χ0v) is 12.6. The molecule has 6 nitrogen and oxygen atoms in total. The number of esters is 1. The van der Waals surface area contributed by atoms with Gasteiger partial charge in [-0.25, -0.2) is 9.59 Å². The molecule has 0 bridgehead atoms. The summed E-state index contributed by atoms with van der Waals surface area (Å²) in [5.41, 5.74) is 2.21. The van der Waals surface area contributed by atoms with Crippen LogP contribution < -0.4 is 10.6 Å². The summed E-state index contributed by atoms with van der Waals surface area (Å²) < 4.78 is 4.89. The minimum absolute atomic E-state index is 0.0874. The monoisotopic (exact) mass is 292 g/mol. The zero-order chi connectivity index (χ0) is 16.0. The number of ether oxygens (including phenoxy) is 1. The van der Waals surface area contributed by atoms with Crippen LogP contribution in [0.3, 0.4) is 0 Å². The van der Waals surface area contributed by atoms with Crippen molar-refractivity contribution in [2.45, 2.75) is 33.7 Å². The predicted molar refractivity (Wildman–Crippen MR) is 78.0 cm³/mol. The molecular weight excluding hydrogens is 272 g/mol. The Morgan fingerprint density at radius 2 is 1.86 bits per heavy atom. The van der Waals surface area contributed by atoms with Crippen molar-refractivity contribution in [2.24, 2.45) is 0 Å². The summed E-state index contributed by atoms with van der Waals surface area (Å²) >= 11 is 0. The Hall–Kier alpha value is -2.37. The second-order valence-corrected chi connectivity index (χ2v) is 5.07. The van der Waals surface area contributed by atoms with Gasteiger partial charge in [0.25, 0.3) is 5.91 Å². The molecule has 0 fully saturated rings. The first-order valence-electron chi connectivity index (χ1n) is 6.64. The number of carbonyl (C=O) groups is 3. The highest BCUT2D eigenvalue weighted by Gasteiger charge is 2.14. The molecule has 2 N–H and O–H groups in total. The van der Waals surface area contributed by atoms with E-state index in [0.29, 0.717) is 5.56 Å². The summed E-state index contributed by atoms with van der Waals surface area (Å²) in [4.78, 5) is 34.6. The van der Waals surface area contributed by atoms with Crippen LogP contribution in [0.4, 0.5) is 4.79 Å². The first-order valence-corrected chi connectivity index (χ1v) is 6.64. The van der Waals surface area contributed by atoms with Gasteiger partial charge >= 0.3 is 12.0 Å². The van der Waals surface area contributed by atoms with Crippen LogP contribution in [-0.4, -0.2) is 30.6 Å². The molecule has 6 heteroatoms. The molecule has 0 spiro atoms. The summed E-state index contributed by atoms with van der Waals surface area (Å²) in [5, 5.41) is 4.57. The Morgan fingerprint density at radius 3 is 2.43 bits per heavy atom. The minimum Gasteiger partial charge on any atom is -0.452 e. The van der Waals surface area contributed by atoms with E-state index in [4.69, 9.17) is 4.74 Å². The van der Waals surface area contributed by atoms with Gasteiger partial charge in [0.15, 0.2) is 6.61 Å². The molecule has 0 unspecified atom stereocenters. The van der Waals surface area contributed by atoms with Crippen LogP contribution in [0, 0.1) is 13.8 Å². The Morgan fingerprint density at radius 1 is 1.19 bits per heavy atom. The second-order valence-electron chi connectivity index (χ2n) is 5.07. The van der Waals surface area contributed by atoms with E-state index in [1.54, 1.807) is 32.9 Å². The second kappa shape index (κ2) is 7.42. The Balaban J connectivity index is 2.49. The number of rotatable bonds is 4. The van der Waals surface area contributed by atoms with Crippen molar-refractivity contribution in [3.05, 3.63) is 34.9 Å². The third-order valence-corrected chi connectivity index (χ3v) is 2.61. The highest BCUT2D eigenvalue weighted by atomic mass is 16.5. The lowest BCUT2D eigenvalue weighted by Gasteiger charge is -2.10. The van der Waals surface area contributed by atoms with E-state index < -0.39 is 24.5 Å². The molecule has 0 aromatic heterocycles. The van der Waals surface area contributed by atoms with Gasteiger partial charge in [-0.2, -0.15) is 0 Å². The predicted octanol–water partition coefficient (Wildman–Crippen LogP) is 1.69. The lowest BCUT2D eigenvalue weighted by atomic mass is 10.1. The fourth-order valence-corrected chi connectivity index (χ4v) is 1.71. The molecule has 3 amide bonds. The summed E-state index contributed by atoms with van der Waals surface area (Å²) in [6.07, 6.45) is 0. The Bertz CT molecular complexity index is 553. The van der Waals surface area contributed by atoms with Gasteiger partial charge in [0.1, 0.15) is 0 Å². The van der Waals surface area contributed by atoms with E-state index in [9.17, 15) is 14.4 Å². The van der Waals surface area contributed by atoms with E-state index in [0.717, 1.165) is 11.1 Å². The van der Waals surface area contributed by atoms with Gasteiger partial charge in [0.2, 0.25) is 0 Å². The first-order chi connectivity index (χ1) is 9.79. The standard InChI is InChI=1S/C15H20N2O4/c1-9(2)16-15(20)17-13(18)8-21-14(19)12-6-5-10(3)7-11(12)4/h5-7,9H,8H2,1-4H3,(H2,16,17,18,20). The molecular formula is C15H20N2O4. The summed E-state index contributed by atoms with van der Waals surface area (Å²) in [6, 6.07) is 4.59. The van der Waals surface area contributed by atoms with E-state index in [2.05, 4.69) is 10.6 Å². The number of nitrogens with one attached hydrogen (secondary N) is 2. The molecule has 114 valence electrons. The number of hydrogen-bond donors (Lipinski definition) is 2. The van der Waals surface area contributed by atoms with Gasteiger partial charge in [-0.1, -0.05) is 17.7 Å². The van der Waals surface area contributed by atoms with Gasteiger partial charge in [-0.3, -0.25) is 10.1 Å². The smallest absolute Gasteiger partial charge is 0.338 e. The van der Waals surface area contributed by atoms with Crippen LogP contribution in [0.5, 0.6) is 0 Å². The van der Waals surface area contributed by atoms with Crippen molar-refractivity contribution >= 4 is 17.9 Å². The number of imide groups is 1. The van der Waals surface area contributed by atoms with E-state index in [1.807, 2.05) is 13.0 Å². The minimum atomic E-state index is -0.675. The highest BCUT2D eigenvalue weighted by molar-refractivity contribution is 5.97. The highest BCUT2D eigenvalue weighted by Crippen LogP contribution is 2.11. The van der Waals surface area contributed by atoms with Crippen LogP contribution in [0.1, 0.15) is 35.3 Å². The van der Waals surface area contributed by atoms with Crippen LogP contribution in [-0.2, 0) is 9.53 Å². The van der Waals surface area contributed by atoms with Crippen LogP contribution in [0.15, 0.2) is 18.2 Å². The van der Waals surface area contributed by atoms with Gasteiger partial charge in [-0.15, -0.1) is 0 Å². The van der Waals surface area contributed by atoms with Crippen molar-refractivity contribution < 1.29 is 19.1 Å². The fourth-order valence-electron chi connectivity index (χ4n) is 1.71. The quantitative estimate of drug-likeness (QED) is 0.827. The van der Waals surface area contributed by atoms with Gasteiger partial charge < -0.3 is 10.1 Å². The maximum absolute atomic E-state index is 11.8. The molecule has 1 aromatic carbocycles. The zero-order valence-electron chi connectivity index (χ0n) is 12.6. The van der Waals surface area contributed by atoms with Crippen molar-refractivity contribution in [1.29, 1.82) is 0 Å². The topological polar surface area (TPSA) is 84.5 Å². The largest absolute Gasteiger partial charge is 0.452 e. The number of carbonyl (C=O) groups excluding carboxylic acids is 3. The third kappa shape index (κ3) is 5.64. The van der Waals surface area contributed by atoms with Crippen molar-refractivity contribution in [2.75, 3.05) is 6.61 Å². The maximum atomic E-state index is 11.8. The number of benzene rings is 1. The molecule has 0 saturated carbocycles. The molecule has 0 saturated heterocycles.